The minimum atomic E-state index is -0.626. The highest BCUT2D eigenvalue weighted by Gasteiger charge is 2.22. The van der Waals surface area contributed by atoms with Crippen molar-refractivity contribution >= 4 is 34.2 Å². The Labute approximate surface area is 188 Å². The van der Waals surface area contributed by atoms with Crippen LogP contribution in [-0.4, -0.2) is 45.2 Å². The molecule has 0 aliphatic rings. The molecule has 0 fully saturated rings. The van der Waals surface area contributed by atoms with Gasteiger partial charge in [0.15, 0.2) is 12.3 Å². The van der Waals surface area contributed by atoms with Gasteiger partial charge in [-0.05, 0) is 42.1 Å². The monoisotopic (exact) mass is 452 g/mol. The van der Waals surface area contributed by atoms with Crippen LogP contribution in [0, 0.1) is 12.7 Å². The summed E-state index contributed by atoms with van der Waals surface area (Å²) in [5, 5.41) is 6.90. The highest BCUT2D eigenvalue weighted by atomic mass is 32.1. The molecule has 3 aromatic heterocycles. The highest BCUT2D eigenvalue weighted by molar-refractivity contribution is 7.13. The molecule has 0 aliphatic heterocycles. The normalized spacial score (nSPS) is 11.0. The number of amides is 1. The van der Waals surface area contributed by atoms with Crippen molar-refractivity contribution in [1.29, 1.82) is 0 Å². The van der Waals surface area contributed by atoms with Crippen molar-refractivity contribution in [3.05, 3.63) is 70.5 Å². The predicted molar refractivity (Wildman–Crippen MR) is 120 cm³/mol. The smallest absolute Gasteiger partial charge is 0.339 e. The number of benzene rings is 1. The molecule has 0 spiro atoms. The number of thiophene rings is 1. The van der Waals surface area contributed by atoms with Crippen molar-refractivity contribution in [2.75, 3.05) is 13.7 Å². The zero-order valence-corrected chi connectivity index (χ0v) is 18.6. The maximum Gasteiger partial charge on any atom is 0.339 e. The molecule has 9 heteroatoms. The van der Waals surface area contributed by atoms with E-state index in [1.54, 1.807) is 43.9 Å². The first-order chi connectivity index (χ1) is 15.3. The molecule has 3 heterocycles. The van der Waals surface area contributed by atoms with E-state index in [1.165, 1.54) is 28.4 Å². The Morgan fingerprint density at radius 2 is 2.03 bits per heavy atom. The number of fused-ring (bicyclic) bond motifs is 1. The number of carbonyl (C=O) groups excluding carboxylic acids is 2. The van der Waals surface area contributed by atoms with Crippen molar-refractivity contribution in [3.63, 3.8) is 0 Å². The van der Waals surface area contributed by atoms with Crippen LogP contribution < -0.4 is 0 Å². The summed E-state index contributed by atoms with van der Waals surface area (Å²) in [5.41, 5.74) is 2.81. The van der Waals surface area contributed by atoms with Crippen LogP contribution in [0.3, 0.4) is 0 Å². The topological polar surface area (TPSA) is 77.3 Å². The van der Waals surface area contributed by atoms with Gasteiger partial charge in [0.2, 0.25) is 0 Å². The average Bonchev–Trinajstić information content (AvgIpc) is 3.40. The van der Waals surface area contributed by atoms with E-state index >= 15 is 0 Å². The Bertz CT molecular complexity index is 1300. The van der Waals surface area contributed by atoms with Crippen LogP contribution in [0.1, 0.15) is 21.6 Å². The number of hydrogen-bond acceptors (Lipinski definition) is 6. The number of aryl methyl sites for hydroxylation is 2. The number of pyridine rings is 1. The number of nitrogens with zero attached hydrogens (tertiary/aromatic N) is 4. The summed E-state index contributed by atoms with van der Waals surface area (Å²) in [7, 11) is 3.34. The van der Waals surface area contributed by atoms with Crippen LogP contribution >= 0.6 is 11.3 Å². The SMILES string of the molecule is Cc1nn(C)c2nc(-c3cccs3)cc(C(=O)OCC(=O)N(C)Cc3cccc(F)c3)c12. The van der Waals surface area contributed by atoms with Crippen molar-refractivity contribution in [3.8, 4) is 10.6 Å². The number of likely N-dealkylation sites (N-methyl/N-ethyl adjacent to an activating group) is 1. The molecule has 1 aromatic carbocycles. The molecule has 0 aliphatic carbocycles. The zero-order chi connectivity index (χ0) is 22.8. The van der Waals surface area contributed by atoms with Crippen LogP contribution in [0.15, 0.2) is 47.8 Å². The molecular weight excluding hydrogens is 431 g/mol. The van der Waals surface area contributed by atoms with Gasteiger partial charge in [-0.1, -0.05) is 18.2 Å². The van der Waals surface area contributed by atoms with Gasteiger partial charge in [-0.15, -0.1) is 11.3 Å². The Balaban J connectivity index is 1.54. The van der Waals surface area contributed by atoms with Gasteiger partial charge in [0.05, 0.1) is 27.2 Å². The first kappa shape index (κ1) is 21.6. The quantitative estimate of drug-likeness (QED) is 0.414. The number of rotatable bonds is 6. The van der Waals surface area contributed by atoms with Gasteiger partial charge in [0.25, 0.3) is 5.91 Å². The third-order valence-corrected chi connectivity index (χ3v) is 5.92. The summed E-state index contributed by atoms with van der Waals surface area (Å²) in [5.74, 6) is -1.39. The second-order valence-corrected chi connectivity index (χ2v) is 8.34. The molecule has 0 unspecified atom stereocenters. The van der Waals surface area contributed by atoms with Gasteiger partial charge >= 0.3 is 5.97 Å². The van der Waals surface area contributed by atoms with Crippen molar-refractivity contribution in [2.24, 2.45) is 7.05 Å². The average molecular weight is 453 g/mol. The number of aromatic nitrogens is 3. The molecule has 0 N–H and O–H groups in total. The van der Waals surface area contributed by atoms with Crippen LogP contribution in [0.2, 0.25) is 0 Å². The van der Waals surface area contributed by atoms with E-state index in [9.17, 15) is 14.0 Å². The first-order valence-electron chi connectivity index (χ1n) is 9.87. The minimum absolute atomic E-state index is 0.206. The minimum Gasteiger partial charge on any atom is -0.452 e. The Hall–Kier alpha value is -3.59. The molecule has 0 saturated heterocycles. The third kappa shape index (κ3) is 4.38. The lowest BCUT2D eigenvalue weighted by molar-refractivity contribution is -0.133. The van der Waals surface area contributed by atoms with E-state index in [-0.39, 0.29) is 12.4 Å². The predicted octanol–water partition coefficient (Wildman–Crippen LogP) is 3.96. The number of halogens is 1. The van der Waals surface area contributed by atoms with Gasteiger partial charge in [-0.2, -0.15) is 5.10 Å². The lowest BCUT2D eigenvalue weighted by atomic mass is 10.1. The second kappa shape index (κ2) is 8.88. The molecule has 0 atom stereocenters. The van der Waals surface area contributed by atoms with Crippen molar-refractivity contribution in [1.82, 2.24) is 19.7 Å². The maximum atomic E-state index is 13.4. The van der Waals surface area contributed by atoms with Crippen LogP contribution in [0.4, 0.5) is 4.39 Å². The van der Waals surface area contributed by atoms with Crippen LogP contribution in [0.25, 0.3) is 21.6 Å². The molecule has 4 aromatic rings. The Kier molecular flexibility index (Phi) is 6.00. The van der Waals surface area contributed by atoms with Crippen LogP contribution in [0.5, 0.6) is 0 Å². The fraction of sp³-hybridized carbons (Fsp3) is 0.217. The Morgan fingerprint density at radius 3 is 2.75 bits per heavy atom. The van der Waals surface area contributed by atoms with Gasteiger partial charge in [0.1, 0.15) is 5.82 Å². The molecule has 164 valence electrons. The number of carbonyl (C=O) groups is 2. The fourth-order valence-corrected chi connectivity index (χ4v) is 4.16. The van der Waals surface area contributed by atoms with E-state index in [2.05, 4.69) is 10.1 Å². The van der Waals surface area contributed by atoms with E-state index in [0.717, 1.165) is 4.88 Å². The van der Waals surface area contributed by atoms with Gasteiger partial charge in [-0.3, -0.25) is 9.48 Å². The molecule has 0 bridgehead atoms. The van der Waals surface area contributed by atoms with Gasteiger partial charge < -0.3 is 9.64 Å². The lowest BCUT2D eigenvalue weighted by Gasteiger charge is -2.17. The molecule has 0 radical (unpaired) electrons. The van der Waals surface area contributed by atoms with Crippen molar-refractivity contribution < 1.29 is 18.7 Å². The fourth-order valence-electron chi connectivity index (χ4n) is 3.47. The van der Waals surface area contributed by atoms with Crippen molar-refractivity contribution in [2.45, 2.75) is 13.5 Å². The third-order valence-electron chi connectivity index (χ3n) is 5.02. The summed E-state index contributed by atoms with van der Waals surface area (Å²) in [6.45, 7) is 1.57. The maximum absolute atomic E-state index is 13.4. The molecule has 4 rings (SSSR count). The van der Waals surface area contributed by atoms with E-state index in [1.807, 2.05) is 17.5 Å². The number of esters is 1. The molecule has 7 nitrogen and oxygen atoms in total. The summed E-state index contributed by atoms with van der Waals surface area (Å²) >= 11 is 1.51. The largest absolute Gasteiger partial charge is 0.452 e. The first-order valence-corrected chi connectivity index (χ1v) is 10.7. The summed E-state index contributed by atoms with van der Waals surface area (Å²) in [4.78, 5) is 32.4. The molecule has 1 amide bonds. The summed E-state index contributed by atoms with van der Waals surface area (Å²) in [6.07, 6.45) is 0. The van der Waals surface area contributed by atoms with Gasteiger partial charge in [0, 0.05) is 20.6 Å². The summed E-state index contributed by atoms with van der Waals surface area (Å²) < 4.78 is 20.3. The van der Waals surface area contributed by atoms with Gasteiger partial charge in [-0.25, -0.2) is 14.2 Å². The number of hydrogen-bond donors (Lipinski definition) is 0. The molecule has 32 heavy (non-hydrogen) atoms. The highest BCUT2D eigenvalue weighted by Crippen LogP contribution is 2.29. The molecular formula is C23H21FN4O3S. The Morgan fingerprint density at radius 1 is 1.22 bits per heavy atom. The van der Waals surface area contributed by atoms with E-state index in [4.69, 9.17) is 4.74 Å². The van der Waals surface area contributed by atoms with E-state index in [0.29, 0.717) is 33.5 Å². The lowest BCUT2D eigenvalue weighted by Crippen LogP contribution is -2.30. The molecule has 0 saturated carbocycles. The standard InChI is InChI=1S/C23H21FN4O3S/c1-14-21-17(11-18(19-8-5-9-32-19)25-22(21)28(3)26-14)23(30)31-13-20(29)27(2)12-15-6-4-7-16(24)10-15/h4-11H,12-13H2,1-3H3. The number of ether oxygens (including phenoxy) is 1. The second-order valence-electron chi connectivity index (χ2n) is 7.40. The van der Waals surface area contributed by atoms with E-state index < -0.39 is 18.5 Å². The van der Waals surface area contributed by atoms with Crippen LogP contribution in [-0.2, 0) is 23.1 Å². The zero-order valence-electron chi connectivity index (χ0n) is 17.8. The summed E-state index contributed by atoms with van der Waals surface area (Å²) in [6, 6.07) is 11.5.